The van der Waals surface area contributed by atoms with Gasteiger partial charge in [-0.15, -0.1) is 0 Å². The molecule has 2 nitrogen and oxygen atoms in total. The van der Waals surface area contributed by atoms with Crippen molar-refractivity contribution in [1.82, 2.24) is 0 Å². The molecule has 0 aromatic rings. The van der Waals surface area contributed by atoms with Crippen LogP contribution in [0.25, 0.3) is 0 Å². The molecule has 56 valence electrons. The van der Waals surface area contributed by atoms with Crippen LogP contribution in [-0.2, 0) is 0 Å². The van der Waals surface area contributed by atoms with Gasteiger partial charge < -0.3 is 10.0 Å². The molecule has 0 aliphatic carbocycles. The highest BCUT2D eigenvalue weighted by molar-refractivity contribution is 5.15. The molecule has 1 rings (SSSR count). The fourth-order valence-corrected chi connectivity index (χ4v) is 1.01. The highest BCUT2D eigenvalue weighted by atomic mass is 16.3. The highest BCUT2D eigenvalue weighted by Crippen LogP contribution is 1.93. The molecule has 0 fully saturated rings. The summed E-state index contributed by atoms with van der Waals surface area (Å²) < 4.78 is 0. The molecular formula is C8H14NO+. The van der Waals surface area contributed by atoms with Crippen LogP contribution < -0.4 is 4.90 Å². The van der Waals surface area contributed by atoms with Gasteiger partial charge in [0.2, 0.25) is 0 Å². The summed E-state index contributed by atoms with van der Waals surface area (Å²) in [5.41, 5.74) is 1.32. The zero-order valence-corrected chi connectivity index (χ0v) is 6.30. The Balaban J connectivity index is 2.37. The Morgan fingerprint density at radius 1 is 1.70 bits per heavy atom. The van der Waals surface area contributed by atoms with Crippen molar-refractivity contribution in [2.75, 3.05) is 19.7 Å². The van der Waals surface area contributed by atoms with Gasteiger partial charge in [-0.1, -0.05) is 0 Å². The zero-order chi connectivity index (χ0) is 7.40. The molecule has 2 heteroatoms. The van der Waals surface area contributed by atoms with Crippen molar-refractivity contribution >= 4 is 0 Å². The minimum atomic E-state index is 0.270. The first kappa shape index (κ1) is 7.51. The first-order valence-electron chi connectivity index (χ1n) is 3.63. The summed E-state index contributed by atoms with van der Waals surface area (Å²) in [4.78, 5) is 1.33. The van der Waals surface area contributed by atoms with Crippen LogP contribution in [0.5, 0.6) is 0 Å². The van der Waals surface area contributed by atoms with Crippen molar-refractivity contribution in [2.45, 2.75) is 6.92 Å². The van der Waals surface area contributed by atoms with Gasteiger partial charge in [0.05, 0.1) is 12.8 Å². The van der Waals surface area contributed by atoms with Crippen LogP contribution in [0.4, 0.5) is 0 Å². The van der Waals surface area contributed by atoms with E-state index in [2.05, 4.69) is 25.3 Å². The van der Waals surface area contributed by atoms with E-state index in [0.717, 1.165) is 13.1 Å². The molecule has 0 spiro atoms. The van der Waals surface area contributed by atoms with Crippen molar-refractivity contribution in [3.63, 3.8) is 0 Å². The first-order chi connectivity index (χ1) is 4.83. The molecular weight excluding hydrogens is 126 g/mol. The van der Waals surface area contributed by atoms with Crippen LogP contribution in [-0.4, -0.2) is 24.8 Å². The molecule has 0 aromatic heterocycles. The second-order valence-corrected chi connectivity index (χ2v) is 2.62. The molecule has 0 aromatic carbocycles. The fourth-order valence-electron chi connectivity index (χ4n) is 1.01. The normalized spacial score (nSPS) is 24.6. The predicted octanol–water partition coefficient (Wildman–Crippen LogP) is -0.663. The van der Waals surface area contributed by atoms with E-state index in [9.17, 15) is 0 Å². The molecule has 1 aliphatic rings. The molecule has 1 atom stereocenters. The SMILES string of the molecule is CC1=CC[NH+](CCO)C=C1. The molecule has 0 amide bonds. The summed E-state index contributed by atoms with van der Waals surface area (Å²) >= 11 is 0. The quantitative estimate of drug-likeness (QED) is 0.523. The standard InChI is InChI=1S/C8H13NO/c1-8-2-4-9(5-3-8)6-7-10/h2-4,10H,5-7H2,1H3/p+1. The molecule has 1 heterocycles. The maximum Gasteiger partial charge on any atom is 0.105 e. The van der Waals surface area contributed by atoms with Gasteiger partial charge in [0.15, 0.2) is 0 Å². The Labute approximate surface area is 61.5 Å². The maximum atomic E-state index is 8.61. The third kappa shape index (κ3) is 1.97. The lowest BCUT2D eigenvalue weighted by atomic mass is 10.2. The summed E-state index contributed by atoms with van der Waals surface area (Å²) in [7, 11) is 0. The molecule has 0 radical (unpaired) electrons. The largest absolute Gasteiger partial charge is 0.391 e. The van der Waals surface area contributed by atoms with Gasteiger partial charge in [0.1, 0.15) is 13.1 Å². The van der Waals surface area contributed by atoms with E-state index < -0.39 is 0 Å². The van der Waals surface area contributed by atoms with E-state index in [1.54, 1.807) is 0 Å². The number of hydrogen-bond donors (Lipinski definition) is 2. The fraction of sp³-hybridized carbons (Fsp3) is 0.500. The van der Waals surface area contributed by atoms with Crippen molar-refractivity contribution < 1.29 is 10.0 Å². The lowest BCUT2D eigenvalue weighted by molar-refractivity contribution is -0.841. The summed E-state index contributed by atoms with van der Waals surface area (Å²) in [5.74, 6) is 0. The Bertz CT molecular complexity index is 161. The third-order valence-corrected chi connectivity index (χ3v) is 1.70. The Hall–Kier alpha value is -0.600. The van der Waals surface area contributed by atoms with E-state index in [1.165, 1.54) is 10.5 Å². The summed E-state index contributed by atoms with van der Waals surface area (Å²) in [5, 5.41) is 8.61. The van der Waals surface area contributed by atoms with Crippen molar-refractivity contribution in [3.05, 3.63) is 23.9 Å². The second kappa shape index (κ2) is 3.54. The van der Waals surface area contributed by atoms with Crippen LogP contribution in [0.3, 0.4) is 0 Å². The van der Waals surface area contributed by atoms with Gasteiger partial charge in [-0.2, -0.15) is 0 Å². The number of rotatable bonds is 2. The molecule has 10 heavy (non-hydrogen) atoms. The minimum Gasteiger partial charge on any atom is -0.391 e. The molecule has 0 saturated heterocycles. The Morgan fingerprint density at radius 3 is 3.00 bits per heavy atom. The monoisotopic (exact) mass is 140 g/mol. The van der Waals surface area contributed by atoms with Crippen LogP contribution in [0.2, 0.25) is 0 Å². The van der Waals surface area contributed by atoms with Crippen molar-refractivity contribution in [1.29, 1.82) is 0 Å². The third-order valence-electron chi connectivity index (χ3n) is 1.70. The van der Waals surface area contributed by atoms with E-state index in [-0.39, 0.29) is 6.61 Å². The predicted molar refractivity (Wildman–Crippen MR) is 40.7 cm³/mol. The van der Waals surface area contributed by atoms with Crippen LogP contribution in [0.1, 0.15) is 6.92 Å². The Morgan fingerprint density at radius 2 is 2.50 bits per heavy atom. The van der Waals surface area contributed by atoms with Gasteiger partial charge in [-0.25, -0.2) is 0 Å². The smallest absolute Gasteiger partial charge is 0.105 e. The van der Waals surface area contributed by atoms with E-state index >= 15 is 0 Å². The molecule has 0 bridgehead atoms. The van der Waals surface area contributed by atoms with E-state index in [1.807, 2.05) is 0 Å². The van der Waals surface area contributed by atoms with Gasteiger partial charge in [-0.3, -0.25) is 0 Å². The first-order valence-corrected chi connectivity index (χ1v) is 3.63. The highest BCUT2D eigenvalue weighted by Gasteiger charge is 2.04. The molecule has 0 saturated carbocycles. The number of hydrogen-bond acceptors (Lipinski definition) is 1. The maximum absolute atomic E-state index is 8.61. The summed E-state index contributed by atoms with van der Waals surface area (Å²) in [6.45, 7) is 4.20. The van der Waals surface area contributed by atoms with Crippen LogP contribution in [0, 0.1) is 0 Å². The topological polar surface area (TPSA) is 24.7 Å². The average molecular weight is 140 g/mol. The summed E-state index contributed by atoms with van der Waals surface area (Å²) in [6.07, 6.45) is 6.38. The lowest BCUT2D eigenvalue weighted by Gasteiger charge is -2.14. The molecule has 2 N–H and O–H groups in total. The molecule has 1 unspecified atom stereocenters. The Kier molecular flexibility index (Phi) is 2.66. The molecule has 1 aliphatic heterocycles. The van der Waals surface area contributed by atoms with Crippen LogP contribution in [0.15, 0.2) is 23.9 Å². The summed E-state index contributed by atoms with van der Waals surface area (Å²) in [6, 6.07) is 0. The number of aliphatic hydroxyl groups excluding tert-OH is 1. The van der Waals surface area contributed by atoms with Gasteiger partial charge in [0.25, 0.3) is 0 Å². The lowest BCUT2D eigenvalue weighted by Crippen LogP contribution is -3.08. The van der Waals surface area contributed by atoms with E-state index in [0.29, 0.717) is 0 Å². The average Bonchev–Trinajstić information content (AvgIpc) is 1.95. The van der Waals surface area contributed by atoms with Crippen molar-refractivity contribution in [2.24, 2.45) is 0 Å². The second-order valence-electron chi connectivity index (χ2n) is 2.62. The zero-order valence-electron chi connectivity index (χ0n) is 6.30. The number of nitrogens with one attached hydrogen (secondary N) is 1. The number of aliphatic hydroxyl groups is 1. The van der Waals surface area contributed by atoms with Crippen LogP contribution >= 0.6 is 0 Å². The van der Waals surface area contributed by atoms with Crippen molar-refractivity contribution in [3.8, 4) is 0 Å². The van der Waals surface area contributed by atoms with Gasteiger partial charge >= 0.3 is 0 Å². The number of allylic oxidation sites excluding steroid dienone is 2. The minimum absolute atomic E-state index is 0.270. The number of quaternary nitrogens is 1. The van der Waals surface area contributed by atoms with Gasteiger partial charge in [-0.05, 0) is 24.6 Å². The van der Waals surface area contributed by atoms with E-state index in [4.69, 9.17) is 5.11 Å². The van der Waals surface area contributed by atoms with Gasteiger partial charge in [0, 0.05) is 0 Å².